The van der Waals surface area contributed by atoms with E-state index >= 15 is 0 Å². The first-order chi connectivity index (χ1) is 17.9. The van der Waals surface area contributed by atoms with Crippen LogP contribution in [0.5, 0.6) is 0 Å². The van der Waals surface area contributed by atoms with E-state index in [0.29, 0.717) is 37.2 Å². The molecule has 4 aromatic rings. The number of morpholine rings is 1. The molecule has 2 aromatic carbocycles. The summed E-state index contributed by atoms with van der Waals surface area (Å²) in [6.45, 7) is 4.72. The zero-order valence-corrected chi connectivity index (χ0v) is 24.3. The van der Waals surface area contributed by atoms with Crippen molar-refractivity contribution in [2.24, 2.45) is 0 Å². The number of pyridine rings is 1. The summed E-state index contributed by atoms with van der Waals surface area (Å²) in [6.07, 6.45) is 3.79. The molecule has 2 fully saturated rings. The van der Waals surface area contributed by atoms with Crippen LogP contribution in [0.4, 0.5) is 15.9 Å². The van der Waals surface area contributed by atoms with Gasteiger partial charge in [-0.15, -0.1) is 0 Å². The smallest absolute Gasteiger partial charge is 0.268 e. The molecule has 3 aliphatic heterocycles. The first kappa shape index (κ1) is 27.8. The zero-order valence-electron chi connectivity index (χ0n) is 21.5. The van der Waals surface area contributed by atoms with Crippen molar-refractivity contribution in [2.45, 2.75) is 43.4 Å². The number of nitrogens with zero attached hydrogens (tertiary/aromatic N) is 4. The largest absolute Gasteiger partial charge is 0.374 e. The van der Waals surface area contributed by atoms with Crippen LogP contribution in [0.25, 0.3) is 10.9 Å². The molecule has 11 heteroatoms. The summed E-state index contributed by atoms with van der Waals surface area (Å²) in [5, 5.41) is 0.759. The van der Waals surface area contributed by atoms with Crippen molar-refractivity contribution in [2.75, 3.05) is 29.5 Å². The second-order valence-electron chi connectivity index (χ2n) is 10.2. The maximum Gasteiger partial charge on any atom is 0.268 e. The van der Waals surface area contributed by atoms with Crippen molar-refractivity contribution < 1.29 is 17.5 Å². The molecule has 0 unspecified atom stereocenters. The normalized spacial score (nSPS) is 20.1. The van der Waals surface area contributed by atoms with Crippen LogP contribution in [-0.4, -0.2) is 49.2 Å². The van der Waals surface area contributed by atoms with Gasteiger partial charge in [0.25, 0.3) is 10.0 Å². The Morgan fingerprint density at radius 3 is 2.51 bits per heavy atom. The van der Waals surface area contributed by atoms with E-state index in [1.54, 1.807) is 30.3 Å². The average molecular weight is 587 g/mol. The van der Waals surface area contributed by atoms with Crippen LogP contribution in [0.2, 0.25) is 0 Å². The molecule has 2 atom stereocenters. The Morgan fingerprint density at radius 2 is 1.85 bits per heavy atom. The molecule has 7 rings (SSSR count). The number of hydrogen-bond donors (Lipinski definition) is 0. The third-order valence-corrected chi connectivity index (χ3v) is 9.68. The van der Waals surface area contributed by atoms with Crippen molar-refractivity contribution in [3.63, 3.8) is 0 Å². The lowest BCUT2D eigenvalue weighted by Gasteiger charge is -2.31. The monoisotopic (exact) mass is 586 g/mol. The van der Waals surface area contributed by atoms with Gasteiger partial charge in [0.05, 0.1) is 41.0 Å². The van der Waals surface area contributed by atoms with Gasteiger partial charge in [-0.25, -0.2) is 21.8 Å². The standard InChI is InChI=1S/C28H27FN4O3S.2H2S/c1-18-2-6-23(7-3-18)37(34,35)33-26-10-11-31(16-25(26)24-8-4-19(29)12-27(24)33)20-5-9-28(30-14-20)32-15-22-13-21(32)17-36-22;;/h2-9,12,14,21-22H,10-11,13,15-17H2,1H3;2*1H2/t21-,22-;;/m0../s1. The van der Waals surface area contributed by atoms with Crippen LogP contribution in [0.1, 0.15) is 23.2 Å². The molecule has 2 saturated heterocycles. The Kier molecular flexibility index (Phi) is 7.38. The SMILES string of the molecule is Cc1ccc(S(=O)(=O)n2c3c(c4ccc(F)cc42)CN(c2ccc(N4C[C@@H]5C[C@H]4CO5)nc2)CC3)cc1.S.S. The van der Waals surface area contributed by atoms with Crippen LogP contribution in [0, 0.1) is 12.7 Å². The molecule has 0 aliphatic carbocycles. The number of ether oxygens (including phenoxy) is 1. The Bertz CT molecular complexity index is 1620. The molecule has 2 bridgehead atoms. The van der Waals surface area contributed by atoms with E-state index < -0.39 is 15.8 Å². The third kappa shape index (κ3) is 4.59. The Morgan fingerprint density at radius 1 is 1.05 bits per heavy atom. The van der Waals surface area contributed by atoms with Gasteiger partial charge in [0.15, 0.2) is 0 Å². The molecule has 0 spiro atoms. The van der Waals surface area contributed by atoms with Gasteiger partial charge in [-0.2, -0.15) is 27.0 Å². The summed E-state index contributed by atoms with van der Waals surface area (Å²) < 4.78 is 49.0. The van der Waals surface area contributed by atoms with Crippen molar-refractivity contribution in [3.8, 4) is 0 Å². The number of hydrogen-bond acceptors (Lipinski definition) is 6. The Labute approximate surface area is 241 Å². The lowest BCUT2D eigenvalue weighted by molar-refractivity contribution is 0.0989. The second-order valence-corrected chi connectivity index (χ2v) is 12.0. The molecule has 206 valence electrons. The second kappa shape index (κ2) is 10.3. The van der Waals surface area contributed by atoms with E-state index in [4.69, 9.17) is 9.72 Å². The number of anilines is 2. The van der Waals surface area contributed by atoms with E-state index in [9.17, 15) is 12.8 Å². The minimum atomic E-state index is -3.90. The third-order valence-electron chi connectivity index (χ3n) is 7.92. The van der Waals surface area contributed by atoms with Gasteiger partial charge in [-0.3, -0.25) is 0 Å². The summed E-state index contributed by atoms with van der Waals surface area (Å²) >= 11 is 0. The topological polar surface area (TPSA) is 67.7 Å². The molecule has 3 aliphatic rings. The number of aryl methyl sites for hydroxylation is 1. The van der Waals surface area contributed by atoms with Crippen molar-refractivity contribution in [1.82, 2.24) is 8.96 Å². The highest BCUT2D eigenvalue weighted by molar-refractivity contribution is 7.90. The van der Waals surface area contributed by atoms with Crippen molar-refractivity contribution in [1.29, 1.82) is 0 Å². The van der Waals surface area contributed by atoms with Crippen LogP contribution in [0.15, 0.2) is 65.7 Å². The lowest BCUT2D eigenvalue weighted by atomic mass is 10.0. The summed E-state index contributed by atoms with van der Waals surface area (Å²) in [5.41, 5.74) is 3.97. The van der Waals surface area contributed by atoms with Crippen molar-refractivity contribution >= 4 is 59.4 Å². The molecule has 0 saturated carbocycles. The number of rotatable bonds is 4. The minimum absolute atomic E-state index is 0. The molecule has 39 heavy (non-hydrogen) atoms. The molecule has 0 N–H and O–H groups in total. The van der Waals surface area contributed by atoms with Gasteiger partial charge in [0.1, 0.15) is 11.6 Å². The first-order valence-corrected chi connectivity index (χ1v) is 14.1. The van der Waals surface area contributed by atoms with Crippen molar-refractivity contribution in [3.05, 3.63) is 83.4 Å². The molecule has 0 radical (unpaired) electrons. The maximum atomic E-state index is 14.3. The van der Waals surface area contributed by atoms with Gasteiger partial charge >= 0.3 is 0 Å². The molecule has 0 amide bonds. The summed E-state index contributed by atoms with van der Waals surface area (Å²) in [6, 6.07) is 15.8. The van der Waals surface area contributed by atoms with Crippen LogP contribution in [0.3, 0.4) is 0 Å². The highest BCUT2D eigenvalue weighted by Gasteiger charge is 2.39. The van der Waals surface area contributed by atoms with E-state index in [1.807, 2.05) is 13.1 Å². The van der Waals surface area contributed by atoms with Gasteiger partial charge < -0.3 is 14.5 Å². The predicted molar refractivity (Wildman–Crippen MR) is 161 cm³/mol. The fourth-order valence-electron chi connectivity index (χ4n) is 6.02. The first-order valence-electron chi connectivity index (χ1n) is 12.6. The zero-order chi connectivity index (χ0) is 25.3. The van der Waals surface area contributed by atoms with Gasteiger partial charge in [0.2, 0.25) is 0 Å². The molecular formula is C28H31FN4O3S3. The molecular weight excluding hydrogens is 556 g/mol. The fourth-order valence-corrected chi connectivity index (χ4v) is 7.61. The molecule has 2 aromatic heterocycles. The number of fused-ring (bicyclic) bond motifs is 5. The van der Waals surface area contributed by atoms with Gasteiger partial charge in [0, 0.05) is 42.7 Å². The molecule has 7 nitrogen and oxygen atoms in total. The maximum absolute atomic E-state index is 14.3. The predicted octanol–water partition coefficient (Wildman–Crippen LogP) is 4.49. The van der Waals surface area contributed by atoms with Gasteiger partial charge in [-0.05, 0) is 55.8 Å². The summed E-state index contributed by atoms with van der Waals surface area (Å²) in [7, 11) is -3.90. The van der Waals surface area contributed by atoms with Crippen LogP contribution in [-0.2, 0) is 27.7 Å². The summed E-state index contributed by atoms with van der Waals surface area (Å²) in [5.74, 6) is 0.508. The van der Waals surface area contributed by atoms with E-state index in [0.717, 1.165) is 53.3 Å². The Hall–Kier alpha value is -2.73. The number of halogens is 1. The number of benzene rings is 2. The number of aromatic nitrogens is 2. The van der Waals surface area contributed by atoms with Crippen LogP contribution < -0.4 is 9.80 Å². The van der Waals surface area contributed by atoms with E-state index in [2.05, 4.69) is 21.9 Å². The Balaban J connectivity index is 0.00000154. The minimum Gasteiger partial charge on any atom is -0.374 e. The average Bonchev–Trinajstić information content (AvgIpc) is 3.62. The summed E-state index contributed by atoms with van der Waals surface area (Å²) in [4.78, 5) is 9.49. The lowest BCUT2D eigenvalue weighted by Crippen LogP contribution is -2.37. The van der Waals surface area contributed by atoms with E-state index in [1.165, 1.54) is 16.1 Å². The molecule has 5 heterocycles. The van der Waals surface area contributed by atoms with Crippen LogP contribution >= 0.6 is 27.0 Å². The van der Waals surface area contributed by atoms with E-state index in [-0.39, 0.29) is 31.9 Å². The quantitative estimate of drug-likeness (QED) is 0.351. The van der Waals surface area contributed by atoms with Gasteiger partial charge in [-0.1, -0.05) is 17.7 Å². The highest BCUT2D eigenvalue weighted by Crippen LogP contribution is 2.37. The fraction of sp³-hybridized carbons (Fsp3) is 0.321. The highest BCUT2D eigenvalue weighted by atomic mass is 32.2.